The molecule has 0 aromatic heterocycles. The van der Waals surface area contributed by atoms with Crippen molar-refractivity contribution in [3.63, 3.8) is 0 Å². The van der Waals surface area contributed by atoms with E-state index >= 15 is 0 Å². The van der Waals surface area contributed by atoms with Crippen LogP contribution in [0.2, 0.25) is 0 Å². The monoisotopic (exact) mass is 242 g/mol. The van der Waals surface area contributed by atoms with Crippen molar-refractivity contribution in [3.8, 4) is 0 Å². The lowest BCUT2D eigenvalue weighted by molar-refractivity contribution is -0.120. The van der Waals surface area contributed by atoms with Gasteiger partial charge in [-0.25, -0.2) is 0 Å². The molecular formula is C13H26N2O2. The smallest absolute Gasteiger partial charge is 0.233 e. The highest BCUT2D eigenvalue weighted by Gasteiger charge is 2.14. The number of hydrogen-bond acceptors (Lipinski definition) is 3. The Morgan fingerprint density at radius 3 is 2.53 bits per heavy atom. The van der Waals surface area contributed by atoms with Gasteiger partial charge in [-0.05, 0) is 25.7 Å². The second-order valence-corrected chi connectivity index (χ2v) is 4.85. The molecule has 1 fully saturated rings. The van der Waals surface area contributed by atoms with Crippen LogP contribution in [0.15, 0.2) is 0 Å². The van der Waals surface area contributed by atoms with E-state index in [0.29, 0.717) is 12.6 Å². The van der Waals surface area contributed by atoms with Gasteiger partial charge < -0.3 is 15.7 Å². The molecule has 0 saturated heterocycles. The molecule has 1 rings (SSSR count). The molecule has 0 radical (unpaired) electrons. The Balaban J connectivity index is 1.87. The van der Waals surface area contributed by atoms with E-state index in [1.54, 1.807) is 0 Å². The second-order valence-electron chi connectivity index (χ2n) is 4.85. The third kappa shape index (κ3) is 7.34. The zero-order valence-electron chi connectivity index (χ0n) is 10.7. The van der Waals surface area contributed by atoms with E-state index in [4.69, 9.17) is 5.11 Å². The van der Waals surface area contributed by atoms with Crippen LogP contribution >= 0.6 is 0 Å². The highest BCUT2D eigenvalue weighted by Crippen LogP contribution is 2.17. The average molecular weight is 242 g/mol. The van der Waals surface area contributed by atoms with Gasteiger partial charge in [-0.3, -0.25) is 4.79 Å². The number of unbranched alkanes of at least 4 members (excludes halogenated alkanes) is 3. The van der Waals surface area contributed by atoms with Gasteiger partial charge in [0.05, 0.1) is 6.54 Å². The highest BCUT2D eigenvalue weighted by molar-refractivity contribution is 5.77. The molecule has 3 N–H and O–H groups in total. The van der Waals surface area contributed by atoms with E-state index in [1.165, 1.54) is 25.7 Å². The number of hydrogen-bond donors (Lipinski definition) is 3. The Kier molecular flexibility index (Phi) is 8.01. The number of amides is 1. The van der Waals surface area contributed by atoms with Gasteiger partial charge in [0.1, 0.15) is 0 Å². The Morgan fingerprint density at radius 2 is 1.82 bits per heavy atom. The van der Waals surface area contributed by atoms with Crippen molar-refractivity contribution in [2.45, 2.75) is 57.4 Å². The van der Waals surface area contributed by atoms with Gasteiger partial charge in [0.15, 0.2) is 0 Å². The summed E-state index contributed by atoms with van der Waals surface area (Å²) < 4.78 is 0. The first-order valence-electron chi connectivity index (χ1n) is 6.94. The predicted octanol–water partition coefficient (Wildman–Crippen LogP) is 1.19. The molecule has 0 aromatic carbocycles. The van der Waals surface area contributed by atoms with Gasteiger partial charge in [-0.2, -0.15) is 0 Å². The maximum atomic E-state index is 11.5. The minimum absolute atomic E-state index is 0.110. The van der Waals surface area contributed by atoms with E-state index in [9.17, 15) is 4.79 Å². The quantitative estimate of drug-likeness (QED) is 0.532. The van der Waals surface area contributed by atoms with Gasteiger partial charge >= 0.3 is 0 Å². The fourth-order valence-corrected chi connectivity index (χ4v) is 2.25. The van der Waals surface area contributed by atoms with Crippen LogP contribution in [0.5, 0.6) is 0 Å². The Hall–Kier alpha value is -0.610. The summed E-state index contributed by atoms with van der Waals surface area (Å²) in [6.45, 7) is 1.50. The van der Waals surface area contributed by atoms with Crippen LogP contribution in [0.25, 0.3) is 0 Å². The molecule has 0 aliphatic heterocycles. The lowest BCUT2D eigenvalue weighted by Gasteiger charge is -2.11. The largest absolute Gasteiger partial charge is 0.396 e. The minimum Gasteiger partial charge on any atom is -0.396 e. The SMILES string of the molecule is O=C(CNC1CCCC1)NCCCCCCO. The van der Waals surface area contributed by atoms with Crippen molar-refractivity contribution in [1.29, 1.82) is 0 Å². The molecule has 0 aromatic rings. The Labute approximate surface area is 104 Å². The normalized spacial score (nSPS) is 16.3. The molecule has 0 atom stereocenters. The number of carbonyl (C=O) groups is 1. The number of aliphatic hydroxyl groups is 1. The van der Waals surface area contributed by atoms with Gasteiger partial charge in [-0.15, -0.1) is 0 Å². The van der Waals surface area contributed by atoms with Gasteiger partial charge in [0.2, 0.25) is 5.91 Å². The molecule has 0 heterocycles. The third-order valence-corrected chi connectivity index (χ3v) is 3.31. The lowest BCUT2D eigenvalue weighted by Crippen LogP contribution is -2.38. The fourth-order valence-electron chi connectivity index (χ4n) is 2.25. The standard InChI is InChI=1S/C13H26N2O2/c16-10-6-2-1-5-9-14-13(17)11-15-12-7-3-4-8-12/h12,15-16H,1-11H2,(H,14,17). The third-order valence-electron chi connectivity index (χ3n) is 3.31. The zero-order chi connectivity index (χ0) is 12.3. The fraction of sp³-hybridized carbons (Fsp3) is 0.923. The van der Waals surface area contributed by atoms with E-state index < -0.39 is 0 Å². The number of nitrogens with one attached hydrogen (secondary N) is 2. The summed E-state index contributed by atoms with van der Waals surface area (Å²) in [5, 5.41) is 14.8. The first-order valence-corrected chi connectivity index (χ1v) is 6.94. The van der Waals surface area contributed by atoms with Crippen LogP contribution < -0.4 is 10.6 Å². The van der Waals surface area contributed by atoms with Crippen molar-refractivity contribution in [1.82, 2.24) is 10.6 Å². The van der Waals surface area contributed by atoms with Crippen LogP contribution in [-0.4, -0.2) is 36.8 Å². The molecule has 4 heteroatoms. The van der Waals surface area contributed by atoms with Crippen LogP contribution in [0, 0.1) is 0 Å². The van der Waals surface area contributed by atoms with Crippen LogP contribution in [0.1, 0.15) is 51.4 Å². The van der Waals surface area contributed by atoms with Crippen molar-refractivity contribution in [2.75, 3.05) is 19.7 Å². The summed E-state index contributed by atoms with van der Waals surface area (Å²) in [6, 6.07) is 0.560. The number of rotatable bonds is 9. The minimum atomic E-state index is 0.110. The van der Waals surface area contributed by atoms with Crippen LogP contribution in [0.4, 0.5) is 0 Å². The number of aliphatic hydroxyl groups excluding tert-OH is 1. The van der Waals surface area contributed by atoms with Gasteiger partial charge in [0, 0.05) is 19.2 Å². The lowest BCUT2D eigenvalue weighted by atomic mass is 10.2. The van der Waals surface area contributed by atoms with E-state index in [1.807, 2.05) is 0 Å². The summed E-state index contributed by atoms with van der Waals surface area (Å²) >= 11 is 0. The molecule has 1 saturated carbocycles. The summed E-state index contributed by atoms with van der Waals surface area (Å²) in [5.41, 5.74) is 0. The molecule has 100 valence electrons. The van der Waals surface area contributed by atoms with Crippen molar-refractivity contribution in [3.05, 3.63) is 0 Å². The molecular weight excluding hydrogens is 216 g/mol. The van der Waals surface area contributed by atoms with Crippen molar-refractivity contribution >= 4 is 5.91 Å². The van der Waals surface area contributed by atoms with E-state index in [-0.39, 0.29) is 12.5 Å². The van der Waals surface area contributed by atoms with Crippen LogP contribution in [0.3, 0.4) is 0 Å². The molecule has 17 heavy (non-hydrogen) atoms. The summed E-state index contributed by atoms with van der Waals surface area (Å²) in [5.74, 6) is 0.110. The molecule has 4 nitrogen and oxygen atoms in total. The molecule has 1 amide bonds. The first kappa shape index (κ1) is 14.5. The maximum Gasteiger partial charge on any atom is 0.233 e. The average Bonchev–Trinajstić information content (AvgIpc) is 2.84. The predicted molar refractivity (Wildman–Crippen MR) is 68.8 cm³/mol. The van der Waals surface area contributed by atoms with Crippen molar-refractivity contribution < 1.29 is 9.90 Å². The number of carbonyl (C=O) groups excluding carboxylic acids is 1. The Bertz CT molecular complexity index is 204. The highest BCUT2D eigenvalue weighted by atomic mass is 16.2. The van der Waals surface area contributed by atoms with Gasteiger partial charge in [-0.1, -0.05) is 25.7 Å². The molecule has 0 unspecified atom stereocenters. The van der Waals surface area contributed by atoms with Crippen molar-refractivity contribution in [2.24, 2.45) is 0 Å². The molecule has 0 bridgehead atoms. The molecule has 1 aliphatic carbocycles. The van der Waals surface area contributed by atoms with E-state index in [0.717, 1.165) is 32.2 Å². The van der Waals surface area contributed by atoms with Crippen LogP contribution in [-0.2, 0) is 4.79 Å². The van der Waals surface area contributed by atoms with Gasteiger partial charge in [0.25, 0.3) is 0 Å². The topological polar surface area (TPSA) is 61.4 Å². The summed E-state index contributed by atoms with van der Waals surface area (Å²) in [6.07, 6.45) is 9.03. The summed E-state index contributed by atoms with van der Waals surface area (Å²) in [4.78, 5) is 11.5. The molecule has 1 aliphatic rings. The van der Waals surface area contributed by atoms with E-state index in [2.05, 4.69) is 10.6 Å². The Morgan fingerprint density at radius 1 is 1.12 bits per heavy atom. The maximum absolute atomic E-state index is 11.5. The first-order chi connectivity index (χ1) is 8.33. The zero-order valence-corrected chi connectivity index (χ0v) is 10.7. The second kappa shape index (κ2) is 9.42. The summed E-state index contributed by atoms with van der Waals surface area (Å²) in [7, 11) is 0. The molecule has 0 spiro atoms.